The standard InChI is InChI=1S/2C25H23N3OS2/c1-20(29)30-17-18-31-24-19-28(27-26-24)25(21-11-5-2-6-12-21,22-13-7-3-8-14-22)23-15-9-4-10-16-23;1-20(29)30-17-18-31-24-19-26-28(27-24)25(21-11-5-2-6-12-21,22-13-7-3-8-14-22)23-15-9-4-10-16-23/h2*2-16,19H,17-18H2,1H3. The fourth-order valence-corrected chi connectivity index (χ4v) is 10.3. The Bertz CT molecular complexity index is 2220. The summed E-state index contributed by atoms with van der Waals surface area (Å²) in [6, 6.07) is 62.4. The maximum atomic E-state index is 11.2. The number of carbonyl (C=O) groups excluding carboxylic acids is 2. The topological polar surface area (TPSA) is 95.6 Å². The van der Waals surface area contributed by atoms with E-state index in [0.717, 1.165) is 66.4 Å². The van der Waals surface area contributed by atoms with Crippen LogP contribution in [0.3, 0.4) is 0 Å². The molecule has 0 amide bonds. The first kappa shape index (κ1) is 44.4. The summed E-state index contributed by atoms with van der Waals surface area (Å²) in [6.07, 6.45) is 3.82. The molecule has 0 radical (unpaired) electrons. The summed E-state index contributed by atoms with van der Waals surface area (Å²) in [5, 5.41) is 20.7. The van der Waals surface area contributed by atoms with Gasteiger partial charge in [0.25, 0.3) is 0 Å². The lowest BCUT2D eigenvalue weighted by atomic mass is 9.77. The van der Waals surface area contributed by atoms with Crippen molar-refractivity contribution < 1.29 is 9.59 Å². The van der Waals surface area contributed by atoms with E-state index in [4.69, 9.17) is 10.2 Å². The molecule has 2 heterocycles. The number of rotatable bonds is 16. The average Bonchev–Trinajstić information content (AvgIpc) is 4.00. The zero-order valence-electron chi connectivity index (χ0n) is 34.4. The lowest BCUT2D eigenvalue weighted by molar-refractivity contribution is -0.109. The minimum Gasteiger partial charge on any atom is -0.288 e. The van der Waals surface area contributed by atoms with Crippen molar-refractivity contribution in [3.8, 4) is 0 Å². The van der Waals surface area contributed by atoms with E-state index in [0.29, 0.717) is 0 Å². The van der Waals surface area contributed by atoms with Crippen LogP contribution in [0.25, 0.3) is 0 Å². The second-order valence-electron chi connectivity index (χ2n) is 14.0. The average molecular weight is 891 g/mol. The summed E-state index contributed by atoms with van der Waals surface area (Å²) in [7, 11) is 0. The number of hydrogen-bond donors (Lipinski definition) is 0. The quantitative estimate of drug-likeness (QED) is 0.0530. The first-order valence-corrected chi connectivity index (χ1v) is 24.1. The van der Waals surface area contributed by atoms with Gasteiger partial charge in [0, 0.05) is 36.9 Å². The summed E-state index contributed by atoms with van der Waals surface area (Å²) in [6.45, 7) is 3.19. The maximum absolute atomic E-state index is 11.2. The molecule has 0 saturated carbocycles. The molecule has 312 valence electrons. The van der Waals surface area contributed by atoms with Crippen LogP contribution in [-0.4, -0.2) is 63.2 Å². The van der Waals surface area contributed by atoms with Crippen molar-refractivity contribution in [2.75, 3.05) is 23.0 Å². The first-order chi connectivity index (χ1) is 30.4. The Kier molecular flexibility index (Phi) is 15.7. The Balaban J connectivity index is 0.000000186. The van der Waals surface area contributed by atoms with Crippen molar-refractivity contribution in [3.05, 3.63) is 228 Å². The van der Waals surface area contributed by atoms with Crippen LogP contribution >= 0.6 is 47.0 Å². The molecule has 12 heteroatoms. The molecule has 6 aromatic carbocycles. The van der Waals surface area contributed by atoms with Crippen molar-refractivity contribution in [1.82, 2.24) is 30.0 Å². The van der Waals surface area contributed by atoms with E-state index >= 15 is 0 Å². The smallest absolute Gasteiger partial charge is 0.185 e. The molecular formula is C50H46N6O2S4. The normalized spacial score (nSPS) is 11.4. The van der Waals surface area contributed by atoms with Gasteiger partial charge >= 0.3 is 0 Å². The molecule has 0 bridgehead atoms. The lowest BCUT2D eigenvalue weighted by Crippen LogP contribution is -2.39. The molecule has 62 heavy (non-hydrogen) atoms. The second kappa shape index (κ2) is 21.9. The summed E-state index contributed by atoms with van der Waals surface area (Å²) in [5.41, 5.74) is 5.26. The van der Waals surface area contributed by atoms with Crippen LogP contribution in [-0.2, 0) is 20.7 Å². The van der Waals surface area contributed by atoms with Crippen LogP contribution in [0.5, 0.6) is 0 Å². The van der Waals surface area contributed by atoms with Gasteiger partial charge in [-0.1, -0.05) is 211 Å². The van der Waals surface area contributed by atoms with Gasteiger partial charge in [-0.15, -0.1) is 33.7 Å². The largest absolute Gasteiger partial charge is 0.288 e. The van der Waals surface area contributed by atoms with Crippen LogP contribution in [0.1, 0.15) is 47.2 Å². The number of thioether (sulfide) groups is 4. The molecule has 8 aromatic rings. The van der Waals surface area contributed by atoms with Gasteiger partial charge in [0.1, 0.15) is 15.6 Å². The van der Waals surface area contributed by atoms with E-state index in [1.807, 2.05) is 94.7 Å². The van der Waals surface area contributed by atoms with Crippen LogP contribution in [0.15, 0.2) is 204 Å². The number of aromatic nitrogens is 6. The molecule has 8 rings (SSSR count). The molecule has 0 unspecified atom stereocenters. The van der Waals surface area contributed by atoms with E-state index in [2.05, 4.69) is 120 Å². The maximum Gasteiger partial charge on any atom is 0.185 e. The zero-order valence-corrected chi connectivity index (χ0v) is 37.7. The first-order valence-electron chi connectivity index (χ1n) is 20.1. The molecule has 8 nitrogen and oxygen atoms in total. The molecule has 2 aromatic heterocycles. The fourth-order valence-electron chi connectivity index (χ4n) is 7.44. The molecule has 0 aliphatic rings. The number of carbonyl (C=O) groups is 2. The van der Waals surface area contributed by atoms with Crippen LogP contribution < -0.4 is 0 Å². The summed E-state index contributed by atoms with van der Waals surface area (Å²) < 4.78 is 1.97. The molecule has 0 saturated heterocycles. The third-order valence-corrected chi connectivity index (χ3v) is 13.9. The Morgan fingerprint density at radius 2 is 0.806 bits per heavy atom. The Hall–Kier alpha value is -5.66. The monoisotopic (exact) mass is 890 g/mol. The van der Waals surface area contributed by atoms with Gasteiger partial charge in [0.2, 0.25) is 0 Å². The van der Waals surface area contributed by atoms with Crippen LogP contribution in [0.4, 0.5) is 0 Å². The minimum absolute atomic E-state index is 0.139. The number of benzene rings is 6. The van der Waals surface area contributed by atoms with Crippen molar-refractivity contribution >= 4 is 57.3 Å². The highest BCUT2D eigenvalue weighted by atomic mass is 32.2. The van der Waals surface area contributed by atoms with E-state index in [1.165, 1.54) is 23.5 Å². The van der Waals surface area contributed by atoms with Gasteiger partial charge in [0.15, 0.2) is 15.8 Å². The van der Waals surface area contributed by atoms with E-state index in [9.17, 15) is 9.59 Å². The highest BCUT2D eigenvalue weighted by molar-refractivity contribution is 8.14. The third-order valence-electron chi connectivity index (χ3n) is 10.0. The fraction of sp³-hybridized carbons (Fsp3) is 0.160. The zero-order chi connectivity index (χ0) is 43.0. The van der Waals surface area contributed by atoms with E-state index < -0.39 is 11.1 Å². The molecule has 0 fully saturated rings. The molecule has 0 N–H and O–H groups in total. The van der Waals surface area contributed by atoms with Crippen LogP contribution in [0, 0.1) is 0 Å². The second-order valence-corrected chi connectivity index (χ2v) is 18.7. The van der Waals surface area contributed by atoms with Crippen molar-refractivity contribution in [2.45, 2.75) is 35.0 Å². The predicted octanol–water partition coefficient (Wildman–Crippen LogP) is 11.0. The summed E-state index contributed by atoms with van der Waals surface area (Å²) in [5.74, 6) is 3.12. The SMILES string of the molecule is CC(=O)SCCSc1cn(C(c2ccccc2)(c2ccccc2)c2ccccc2)nn1.CC(=O)SCCSc1cnn(C(c2ccccc2)(c2ccccc2)c2ccccc2)n1. The summed E-state index contributed by atoms with van der Waals surface area (Å²) >= 11 is 5.91. The predicted molar refractivity (Wildman–Crippen MR) is 257 cm³/mol. The lowest BCUT2D eigenvalue weighted by Gasteiger charge is -2.35. The van der Waals surface area contributed by atoms with Crippen LogP contribution in [0.2, 0.25) is 0 Å². The van der Waals surface area contributed by atoms with Gasteiger partial charge in [-0.25, -0.2) is 4.68 Å². The highest BCUT2D eigenvalue weighted by Crippen LogP contribution is 2.42. The molecule has 0 aliphatic heterocycles. The van der Waals surface area contributed by atoms with Crippen molar-refractivity contribution in [3.63, 3.8) is 0 Å². The number of hydrogen-bond acceptors (Lipinski definition) is 10. The van der Waals surface area contributed by atoms with Crippen molar-refractivity contribution in [2.24, 2.45) is 0 Å². The molecule has 0 aliphatic carbocycles. The van der Waals surface area contributed by atoms with Gasteiger partial charge in [0.05, 0.1) is 12.4 Å². The number of nitrogens with zero attached hydrogens (tertiary/aromatic N) is 6. The highest BCUT2D eigenvalue weighted by Gasteiger charge is 2.41. The van der Waals surface area contributed by atoms with E-state index in [-0.39, 0.29) is 10.2 Å². The summed E-state index contributed by atoms with van der Waals surface area (Å²) in [4.78, 5) is 24.2. The molecule has 0 atom stereocenters. The van der Waals surface area contributed by atoms with E-state index in [1.54, 1.807) is 37.4 Å². The Labute approximate surface area is 380 Å². The van der Waals surface area contributed by atoms with Gasteiger partial charge in [-0.3, -0.25) is 9.59 Å². The Morgan fingerprint density at radius 3 is 1.16 bits per heavy atom. The molecular weight excluding hydrogens is 845 g/mol. The van der Waals surface area contributed by atoms with Gasteiger partial charge in [-0.05, 0) is 33.4 Å². The third kappa shape index (κ3) is 10.3. The Morgan fingerprint density at radius 1 is 0.468 bits per heavy atom. The molecule has 0 spiro atoms. The van der Waals surface area contributed by atoms with Gasteiger partial charge < -0.3 is 0 Å². The van der Waals surface area contributed by atoms with Gasteiger partial charge in [-0.2, -0.15) is 9.90 Å². The minimum atomic E-state index is -0.698. The van der Waals surface area contributed by atoms with Crippen molar-refractivity contribution in [1.29, 1.82) is 0 Å².